The highest BCUT2D eigenvalue weighted by Gasteiger charge is 2.33. The summed E-state index contributed by atoms with van der Waals surface area (Å²) in [7, 11) is -2.43. The van der Waals surface area contributed by atoms with Crippen LogP contribution in [0.15, 0.2) is 72.8 Å². The molecule has 1 N–H and O–H groups in total. The summed E-state index contributed by atoms with van der Waals surface area (Å²) in [4.78, 5) is 29.2. The summed E-state index contributed by atoms with van der Waals surface area (Å²) in [6.07, 6.45) is 1.23. The predicted molar refractivity (Wildman–Crippen MR) is 164 cm³/mol. The number of carbonyl (C=O) groups is 2. The van der Waals surface area contributed by atoms with Gasteiger partial charge in [-0.15, -0.1) is 0 Å². The van der Waals surface area contributed by atoms with Crippen LogP contribution in [0.5, 0.6) is 5.75 Å². The molecule has 0 heterocycles. The van der Waals surface area contributed by atoms with Crippen LogP contribution in [0, 0.1) is 5.92 Å². The zero-order valence-electron chi connectivity index (χ0n) is 23.5. The Labute approximate surface area is 252 Å². The lowest BCUT2D eigenvalue weighted by Gasteiger charge is -2.34. The molecule has 11 heteroatoms. The summed E-state index contributed by atoms with van der Waals surface area (Å²) in [5, 5.41) is 3.69. The zero-order valence-corrected chi connectivity index (χ0v) is 25.8. The average molecular weight is 621 g/mol. The van der Waals surface area contributed by atoms with Crippen LogP contribution in [0.3, 0.4) is 0 Å². The minimum Gasteiger partial charge on any atom is -0.497 e. The Morgan fingerprint density at radius 1 is 0.976 bits per heavy atom. The molecule has 0 aliphatic rings. The van der Waals surface area contributed by atoms with Crippen LogP contribution in [0.25, 0.3) is 0 Å². The standard InChI is InChI=1S/C30H35Cl2N3O5S/c1-21(2)18-33-30(37)28(15-22-9-6-5-7-10-22)34(19-23-13-14-24(31)16-27(23)32)29(36)20-35(41(4,38)39)25-11-8-12-26(17-25)40-3/h5-14,16-17,21,28H,15,18-20H2,1-4H3,(H,33,37)/t28-/m0/s1. The summed E-state index contributed by atoms with van der Waals surface area (Å²) in [5.41, 5.74) is 1.66. The number of sulfonamides is 1. The number of nitrogens with one attached hydrogen (secondary N) is 1. The van der Waals surface area contributed by atoms with Crippen molar-refractivity contribution in [3.8, 4) is 5.75 Å². The van der Waals surface area contributed by atoms with E-state index in [-0.39, 0.29) is 30.5 Å². The van der Waals surface area contributed by atoms with Crippen molar-refractivity contribution in [1.82, 2.24) is 10.2 Å². The number of ether oxygens (including phenoxy) is 1. The zero-order chi connectivity index (χ0) is 30.2. The van der Waals surface area contributed by atoms with E-state index in [4.69, 9.17) is 27.9 Å². The van der Waals surface area contributed by atoms with Gasteiger partial charge in [-0.3, -0.25) is 13.9 Å². The summed E-state index contributed by atoms with van der Waals surface area (Å²) < 4.78 is 32.1. The minimum absolute atomic E-state index is 0.0445. The second-order valence-corrected chi connectivity index (χ2v) is 12.8. The van der Waals surface area contributed by atoms with Gasteiger partial charge in [-0.1, -0.05) is 79.5 Å². The third kappa shape index (κ3) is 9.38. The molecule has 0 spiro atoms. The van der Waals surface area contributed by atoms with Gasteiger partial charge in [0.25, 0.3) is 0 Å². The fourth-order valence-electron chi connectivity index (χ4n) is 4.19. The summed E-state index contributed by atoms with van der Waals surface area (Å²) >= 11 is 12.6. The van der Waals surface area contributed by atoms with Crippen LogP contribution in [0.2, 0.25) is 10.0 Å². The van der Waals surface area contributed by atoms with Crippen LogP contribution in [-0.4, -0.2) is 57.6 Å². The highest BCUT2D eigenvalue weighted by Crippen LogP contribution is 2.26. The van der Waals surface area contributed by atoms with Gasteiger partial charge in [0.1, 0.15) is 18.3 Å². The molecule has 0 aliphatic carbocycles. The van der Waals surface area contributed by atoms with Crippen LogP contribution < -0.4 is 14.4 Å². The number of benzene rings is 3. The number of hydrogen-bond donors (Lipinski definition) is 1. The topological polar surface area (TPSA) is 96.0 Å². The molecule has 1 atom stereocenters. The molecule has 8 nitrogen and oxygen atoms in total. The molecule has 0 saturated carbocycles. The monoisotopic (exact) mass is 619 g/mol. The molecule has 0 saturated heterocycles. The van der Waals surface area contributed by atoms with Crippen LogP contribution >= 0.6 is 23.2 Å². The lowest BCUT2D eigenvalue weighted by molar-refractivity contribution is -0.140. The average Bonchev–Trinajstić information content (AvgIpc) is 2.93. The lowest BCUT2D eigenvalue weighted by atomic mass is 10.0. The van der Waals surface area contributed by atoms with Crippen molar-refractivity contribution < 1.29 is 22.7 Å². The summed E-state index contributed by atoms with van der Waals surface area (Å²) in [6, 6.07) is 19.7. The maximum absolute atomic E-state index is 14.1. The van der Waals surface area contributed by atoms with Crippen molar-refractivity contribution in [3.05, 3.63) is 94.0 Å². The highest BCUT2D eigenvalue weighted by atomic mass is 35.5. The number of methoxy groups -OCH3 is 1. The fraction of sp³-hybridized carbons (Fsp3) is 0.333. The Morgan fingerprint density at radius 2 is 1.68 bits per heavy atom. The number of amides is 2. The summed E-state index contributed by atoms with van der Waals surface area (Å²) in [6.45, 7) is 3.77. The maximum Gasteiger partial charge on any atom is 0.244 e. The molecule has 3 aromatic carbocycles. The van der Waals surface area contributed by atoms with Gasteiger partial charge in [0.15, 0.2) is 0 Å². The second-order valence-electron chi connectivity index (χ2n) is 10.1. The largest absolute Gasteiger partial charge is 0.497 e. The molecular formula is C30H35Cl2N3O5S. The first-order valence-corrected chi connectivity index (χ1v) is 15.7. The molecule has 2 amide bonds. The van der Waals surface area contributed by atoms with Crippen molar-refractivity contribution in [2.75, 3.05) is 30.8 Å². The molecular weight excluding hydrogens is 585 g/mol. The Kier molecular flexibility index (Phi) is 11.5. The van der Waals surface area contributed by atoms with E-state index in [1.165, 1.54) is 18.1 Å². The predicted octanol–water partition coefficient (Wildman–Crippen LogP) is 5.18. The van der Waals surface area contributed by atoms with E-state index in [1.807, 2.05) is 44.2 Å². The van der Waals surface area contributed by atoms with Crippen molar-refractivity contribution in [3.63, 3.8) is 0 Å². The number of nitrogens with zero attached hydrogens (tertiary/aromatic N) is 2. The van der Waals surface area contributed by atoms with Crippen LogP contribution in [-0.2, 0) is 32.6 Å². The number of rotatable bonds is 13. The first-order valence-electron chi connectivity index (χ1n) is 13.1. The Hall–Kier alpha value is -3.27. The second kappa shape index (κ2) is 14.6. The number of carbonyl (C=O) groups excluding carboxylic acids is 2. The Bertz CT molecular complexity index is 1450. The first-order chi connectivity index (χ1) is 19.4. The van der Waals surface area contributed by atoms with Crippen molar-refractivity contribution in [2.24, 2.45) is 5.92 Å². The lowest BCUT2D eigenvalue weighted by Crippen LogP contribution is -2.53. The Morgan fingerprint density at radius 3 is 2.29 bits per heavy atom. The third-order valence-electron chi connectivity index (χ3n) is 6.33. The SMILES string of the molecule is COc1cccc(N(CC(=O)N(Cc2ccc(Cl)cc2Cl)[C@@H](Cc2ccccc2)C(=O)NCC(C)C)S(C)(=O)=O)c1. The van der Waals surface area contributed by atoms with Gasteiger partial charge in [0, 0.05) is 35.6 Å². The van der Waals surface area contributed by atoms with Gasteiger partial charge in [0.2, 0.25) is 21.8 Å². The number of hydrogen-bond acceptors (Lipinski definition) is 5. The van der Waals surface area contributed by atoms with E-state index >= 15 is 0 Å². The molecule has 0 fully saturated rings. The van der Waals surface area contributed by atoms with Gasteiger partial charge in [-0.2, -0.15) is 0 Å². The number of anilines is 1. The smallest absolute Gasteiger partial charge is 0.244 e. The van der Waals surface area contributed by atoms with Gasteiger partial charge in [-0.25, -0.2) is 8.42 Å². The van der Waals surface area contributed by atoms with Gasteiger partial charge in [-0.05, 0) is 41.3 Å². The third-order valence-corrected chi connectivity index (χ3v) is 8.06. The van der Waals surface area contributed by atoms with E-state index in [0.29, 0.717) is 27.9 Å². The van der Waals surface area contributed by atoms with Gasteiger partial charge >= 0.3 is 0 Å². The molecule has 3 rings (SSSR count). The summed E-state index contributed by atoms with van der Waals surface area (Å²) in [5.74, 6) is -0.318. The molecule has 0 unspecified atom stereocenters. The number of halogens is 2. The van der Waals surface area contributed by atoms with Gasteiger partial charge in [0.05, 0.1) is 19.1 Å². The fourth-order valence-corrected chi connectivity index (χ4v) is 5.50. The molecule has 0 aromatic heterocycles. The quantitative estimate of drug-likeness (QED) is 0.284. The molecule has 220 valence electrons. The van der Waals surface area contributed by atoms with Crippen LogP contribution in [0.4, 0.5) is 5.69 Å². The maximum atomic E-state index is 14.1. The van der Waals surface area contributed by atoms with E-state index in [1.54, 1.807) is 36.4 Å². The van der Waals surface area contributed by atoms with Crippen molar-refractivity contribution in [2.45, 2.75) is 32.9 Å². The van der Waals surface area contributed by atoms with E-state index in [9.17, 15) is 18.0 Å². The first kappa shape index (κ1) is 32.2. The van der Waals surface area contributed by atoms with E-state index in [2.05, 4.69) is 5.32 Å². The van der Waals surface area contributed by atoms with Crippen LogP contribution in [0.1, 0.15) is 25.0 Å². The molecule has 0 radical (unpaired) electrons. The molecule has 3 aromatic rings. The normalized spacial score (nSPS) is 12.1. The highest BCUT2D eigenvalue weighted by molar-refractivity contribution is 7.92. The van der Waals surface area contributed by atoms with Crippen molar-refractivity contribution >= 4 is 50.7 Å². The van der Waals surface area contributed by atoms with Gasteiger partial charge < -0.3 is 15.0 Å². The van der Waals surface area contributed by atoms with E-state index < -0.39 is 28.5 Å². The molecule has 41 heavy (non-hydrogen) atoms. The molecule has 0 aliphatic heterocycles. The van der Waals surface area contributed by atoms with E-state index in [0.717, 1.165) is 16.1 Å². The van der Waals surface area contributed by atoms with Crippen molar-refractivity contribution in [1.29, 1.82) is 0 Å². The Balaban J connectivity index is 2.08. The minimum atomic E-state index is -3.90. The molecule has 0 bridgehead atoms.